The fourth-order valence-electron chi connectivity index (χ4n) is 4.33. The molecule has 0 bridgehead atoms. The molecule has 1 aliphatic heterocycles. The fraction of sp³-hybridized carbons (Fsp3) is 0.240. The number of fused-ring (bicyclic) bond motifs is 1. The lowest BCUT2D eigenvalue weighted by atomic mass is 10.1. The predicted octanol–water partition coefficient (Wildman–Crippen LogP) is 2.96. The molecule has 2 aromatic heterocycles. The van der Waals surface area contributed by atoms with Gasteiger partial charge in [-0.3, -0.25) is 4.79 Å². The van der Waals surface area contributed by atoms with E-state index in [4.69, 9.17) is 0 Å². The number of nitrogens with one attached hydrogen (secondary N) is 1. The summed E-state index contributed by atoms with van der Waals surface area (Å²) in [4.78, 5) is 20.7. The van der Waals surface area contributed by atoms with Crippen LogP contribution >= 0.6 is 0 Å². The maximum atomic E-state index is 13.8. The van der Waals surface area contributed by atoms with Crippen molar-refractivity contribution in [1.82, 2.24) is 19.5 Å². The van der Waals surface area contributed by atoms with Crippen LogP contribution in [0.1, 0.15) is 21.6 Å². The molecule has 0 spiro atoms. The smallest absolute Gasteiger partial charge is 0.328 e. The Morgan fingerprint density at radius 1 is 0.971 bits per heavy atom. The van der Waals surface area contributed by atoms with Crippen molar-refractivity contribution in [3.05, 3.63) is 89.7 Å². The number of alkyl halides is 3. The van der Waals surface area contributed by atoms with Gasteiger partial charge in [-0.1, -0.05) is 60.7 Å². The highest BCUT2D eigenvalue weighted by molar-refractivity contribution is 6.00. The zero-order valence-corrected chi connectivity index (χ0v) is 18.3. The zero-order chi connectivity index (χ0) is 23.7. The molecule has 0 saturated carbocycles. The Morgan fingerprint density at radius 3 is 2.26 bits per heavy atom. The molecule has 0 aliphatic carbocycles. The standard InChI is InChI=1S/C25H22F3N5O/c26-25(27,28)22-15-21(19-9-5-2-6-10-19)30-23-20(16-29-33(22)23)24(34)32-13-11-31(12-14-32)17-18-7-3-1-4-8-18/h1-10,15-16H,11-14,17H2/p+1. The number of piperazine rings is 1. The molecule has 5 rings (SSSR count). The van der Waals surface area contributed by atoms with E-state index in [1.165, 1.54) is 16.7 Å². The molecule has 3 heterocycles. The Balaban J connectivity index is 1.42. The van der Waals surface area contributed by atoms with Gasteiger partial charge in [0, 0.05) is 11.1 Å². The van der Waals surface area contributed by atoms with Crippen LogP contribution < -0.4 is 4.90 Å². The number of hydrogen-bond donors (Lipinski definition) is 1. The second-order valence-corrected chi connectivity index (χ2v) is 8.39. The number of nitrogens with zero attached hydrogens (tertiary/aromatic N) is 4. The number of quaternary nitrogens is 1. The van der Waals surface area contributed by atoms with Crippen molar-refractivity contribution >= 4 is 11.6 Å². The first kappa shape index (κ1) is 22.1. The van der Waals surface area contributed by atoms with Gasteiger partial charge in [-0.2, -0.15) is 18.3 Å². The summed E-state index contributed by atoms with van der Waals surface area (Å²) in [5.41, 5.74) is 0.942. The van der Waals surface area contributed by atoms with Crippen LogP contribution in [0.15, 0.2) is 72.9 Å². The van der Waals surface area contributed by atoms with Crippen LogP contribution in [-0.4, -0.2) is 51.6 Å². The molecular formula is C25H23F3N5O+. The molecule has 1 fully saturated rings. The number of hydrogen-bond acceptors (Lipinski definition) is 3. The van der Waals surface area contributed by atoms with Crippen LogP contribution in [0.3, 0.4) is 0 Å². The Hall–Kier alpha value is -3.72. The molecule has 4 aromatic rings. The van der Waals surface area contributed by atoms with Gasteiger partial charge in [0.15, 0.2) is 11.3 Å². The normalized spacial score (nSPS) is 15.1. The van der Waals surface area contributed by atoms with Crippen molar-refractivity contribution in [3.63, 3.8) is 0 Å². The van der Waals surface area contributed by atoms with E-state index in [1.807, 2.05) is 18.2 Å². The summed E-state index contributed by atoms with van der Waals surface area (Å²) < 4.78 is 42.2. The van der Waals surface area contributed by atoms with Gasteiger partial charge in [0.05, 0.1) is 38.1 Å². The minimum atomic E-state index is -4.65. The molecule has 1 saturated heterocycles. The second-order valence-electron chi connectivity index (χ2n) is 8.39. The number of carbonyl (C=O) groups excluding carboxylic acids is 1. The van der Waals surface area contributed by atoms with E-state index >= 15 is 0 Å². The topological polar surface area (TPSA) is 54.9 Å². The van der Waals surface area contributed by atoms with E-state index in [0.717, 1.165) is 30.2 Å². The molecule has 34 heavy (non-hydrogen) atoms. The number of halogens is 3. The minimum Gasteiger partial charge on any atom is -0.328 e. The third-order valence-electron chi connectivity index (χ3n) is 6.12. The summed E-state index contributed by atoms with van der Waals surface area (Å²) in [7, 11) is 0. The molecule has 2 aromatic carbocycles. The molecule has 1 amide bonds. The molecule has 1 aliphatic rings. The van der Waals surface area contributed by atoms with Gasteiger partial charge in [0.25, 0.3) is 5.91 Å². The molecule has 0 atom stereocenters. The van der Waals surface area contributed by atoms with Gasteiger partial charge >= 0.3 is 6.18 Å². The average molecular weight is 466 g/mol. The summed E-state index contributed by atoms with van der Waals surface area (Å²) in [5, 5.41) is 3.89. The van der Waals surface area contributed by atoms with Crippen molar-refractivity contribution < 1.29 is 22.9 Å². The van der Waals surface area contributed by atoms with Crippen LogP contribution in [0, 0.1) is 0 Å². The third-order valence-corrected chi connectivity index (χ3v) is 6.12. The lowest BCUT2D eigenvalue weighted by molar-refractivity contribution is -0.917. The van der Waals surface area contributed by atoms with E-state index in [9.17, 15) is 18.0 Å². The molecule has 174 valence electrons. The monoisotopic (exact) mass is 466 g/mol. The van der Waals surface area contributed by atoms with Crippen molar-refractivity contribution in [2.45, 2.75) is 12.7 Å². The van der Waals surface area contributed by atoms with Crippen LogP contribution in [0.2, 0.25) is 0 Å². The largest absolute Gasteiger partial charge is 0.433 e. The van der Waals surface area contributed by atoms with Crippen molar-refractivity contribution in [1.29, 1.82) is 0 Å². The van der Waals surface area contributed by atoms with Crippen LogP contribution in [0.25, 0.3) is 16.9 Å². The third kappa shape index (κ3) is 4.38. The summed E-state index contributed by atoms with van der Waals surface area (Å²) in [6, 6.07) is 19.7. The molecule has 6 nitrogen and oxygen atoms in total. The Labute approximate surface area is 194 Å². The van der Waals surface area contributed by atoms with Crippen molar-refractivity contribution in [3.8, 4) is 11.3 Å². The predicted molar refractivity (Wildman–Crippen MR) is 120 cm³/mol. The van der Waals surface area contributed by atoms with Gasteiger partial charge < -0.3 is 9.80 Å². The molecular weight excluding hydrogens is 443 g/mol. The van der Waals surface area contributed by atoms with Gasteiger partial charge in [0.2, 0.25) is 0 Å². The number of amides is 1. The van der Waals surface area contributed by atoms with E-state index in [0.29, 0.717) is 18.7 Å². The zero-order valence-electron chi connectivity index (χ0n) is 18.3. The Bertz CT molecular complexity index is 1300. The molecule has 0 radical (unpaired) electrons. The highest BCUT2D eigenvalue weighted by atomic mass is 19.4. The number of rotatable bonds is 4. The highest BCUT2D eigenvalue weighted by Gasteiger charge is 2.36. The summed E-state index contributed by atoms with van der Waals surface area (Å²) >= 11 is 0. The summed E-state index contributed by atoms with van der Waals surface area (Å²) in [6.45, 7) is 3.43. The SMILES string of the molecule is O=C(c1cnn2c(C(F)(F)F)cc(-c3ccccc3)nc12)N1CC[NH+](Cc2ccccc2)CC1. The van der Waals surface area contributed by atoms with E-state index < -0.39 is 11.9 Å². The van der Waals surface area contributed by atoms with Gasteiger partial charge in [-0.25, -0.2) is 9.50 Å². The number of benzene rings is 2. The van der Waals surface area contributed by atoms with Crippen molar-refractivity contribution in [2.75, 3.05) is 26.2 Å². The maximum Gasteiger partial charge on any atom is 0.433 e. The maximum absolute atomic E-state index is 13.8. The molecule has 9 heteroatoms. The first-order valence-electron chi connectivity index (χ1n) is 11.1. The molecule has 1 N–H and O–H groups in total. The number of carbonyl (C=O) groups is 1. The van der Waals surface area contributed by atoms with Gasteiger partial charge in [0.1, 0.15) is 12.1 Å². The lowest BCUT2D eigenvalue weighted by Crippen LogP contribution is -3.13. The van der Waals surface area contributed by atoms with Crippen LogP contribution in [0.5, 0.6) is 0 Å². The Kier molecular flexibility index (Phi) is 5.79. The lowest BCUT2D eigenvalue weighted by Gasteiger charge is -2.32. The summed E-state index contributed by atoms with van der Waals surface area (Å²) in [5.74, 6) is -0.348. The minimum absolute atomic E-state index is 0.0785. The summed E-state index contributed by atoms with van der Waals surface area (Å²) in [6.07, 6.45) is -3.46. The molecule has 0 unspecified atom stereocenters. The van der Waals surface area contributed by atoms with E-state index in [-0.39, 0.29) is 22.8 Å². The van der Waals surface area contributed by atoms with Gasteiger partial charge in [-0.15, -0.1) is 0 Å². The van der Waals surface area contributed by atoms with E-state index in [1.54, 1.807) is 35.2 Å². The van der Waals surface area contributed by atoms with Crippen LogP contribution in [0.4, 0.5) is 13.2 Å². The van der Waals surface area contributed by atoms with Crippen LogP contribution in [-0.2, 0) is 12.7 Å². The first-order chi connectivity index (χ1) is 16.4. The number of aromatic nitrogens is 3. The highest BCUT2D eigenvalue weighted by Crippen LogP contribution is 2.32. The quantitative estimate of drug-likeness (QED) is 0.503. The van der Waals surface area contributed by atoms with E-state index in [2.05, 4.69) is 22.2 Å². The second kappa shape index (κ2) is 8.90. The van der Waals surface area contributed by atoms with Crippen molar-refractivity contribution in [2.24, 2.45) is 0 Å². The Morgan fingerprint density at radius 2 is 1.62 bits per heavy atom. The van der Waals surface area contributed by atoms with Gasteiger partial charge in [-0.05, 0) is 6.07 Å². The first-order valence-corrected chi connectivity index (χ1v) is 11.1. The fourth-order valence-corrected chi connectivity index (χ4v) is 4.33. The average Bonchev–Trinajstić information content (AvgIpc) is 3.28.